The van der Waals surface area contributed by atoms with Crippen LogP contribution in [0.3, 0.4) is 0 Å². The molecule has 3 aliphatic rings. The summed E-state index contributed by atoms with van der Waals surface area (Å²) in [6.07, 6.45) is -0.177. The van der Waals surface area contributed by atoms with E-state index >= 15 is 0 Å². The fourth-order valence-corrected chi connectivity index (χ4v) is 7.56. The molecule has 3 atom stereocenters. The van der Waals surface area contributed by atoms with Gasteiger partial charge in [-0.15, -0.1) is 0 Å². The summed E-state index contributed by atoms with van der Waals surface area (Å²) in [5.74, 6) is -0.233. The number of aliphatic imine (C=N–C) groups is 1. The van der Waals surface area contributed by atoms with Crippen molar-refractivity contribution in [2.75, 3.05) is 11.9 Å². The highest BCUT2D eigenvalue weighted by Gasteiger charge is 2.58. The summed E-state index contributed by atoms with van der Waals surface area (Å²) >= 11 is 0. The lowest BCUT2D eigenvalue weighted by atomic mass is 9.85. The SMILES string of the molecule is CC1(C)Nc2ccc(F)c(c2)[C@@]2(C)N=C(NC(=O)O1)C(C)(C)[S@]1(=O)=NCC[C@H]21. The third-order valence-electron chi connectivity index (χ3n) is 5.86. The normalized spacial score (nSPS) is 35.1. The van der Waals surface area contributed by atoms with Gasteiger partial charge in [-0.1, -0.05) is 0 Å². The number of carbonyl (C=O) groups is 1. The van der Waals surface area contributed by atoms with Crippen LogP contribution in [0.1, 0.15) is 46.6 Å². The molecule has 0 radical (unpaired) electrons. The molecule has 0 saturated carbocycles. The summed E-state index contributed by atoms with van der Waals surface area (Å²) in [5, 5.41) is 5.31. The van der Waals surface area contributed by atoms with E-state index in [2.05, 4.69) is 15.0 Å². The molecule has 0 saturated heterocycles. The van der Waals surface area contributed by atoms with Gasteiger partial charge in [0.25, 0.3) is 0 Å². The van der Waals surface area contributed by atoms with Crippen LogP contribution in [0.15, 0.2) is 27.6 Å². The fourth-order valence-electron chi connectivity index (χ4n) is 4.37. The topological polar surface area (TPSA) is 92.1 Å². The van der Waals surface area contributed by atoms with Gasteiger partial charge in [0, 0.05) is 17.8 Å². The molecule has 0 unspecified atom stereocenters. The first-order chi connectivity index (χ1) is 12.9. The molecule has 1 aromatic rings. The van der Waals surface area contributed by atoms with Crippen molar-refractivity contribution in [1.29, 1.82) is 0 Å². The van der Waals surface area contributed by atoms with Gasteiger partial charge < -0.3 is 10.1 Å². The van der Waals surface area contributed by atoms with Gasteiger partial charge in [0.05, 0.1) is 15.0 Å². The summed E-state index contributed by atoms with van der Waals surface area (Å²) < 4.78 is 38.0. The van der Waals surface area contributed by atoms with Gasteiger partial charge in [0.15, 0.2) is 5.72 Å². The molecule has 3 heterocycles. The lowest BCUT2D eigenvalue weighted by Gasteiger charge is -2.45. The lowest BCUT2D eigenvalue weighted by Crippen LogP contribution is -2.60. The Bertz CT molecular complexity index is 1030. The highest BCUT2D eigenvalue weighted by Crippen LogP contribution is 2.48. The standard InChI is InChI=1S/C19H25FN4O3S/c1-17(2)15-22-16(25)27-18(3,4)23-11-6-7-13(20)12(10-11)19(5,24-15)14-8-9-21-28(14,17)26/h6-7,10,14,23H,8-9H2,1-5H3,(H,22,24,25)/t14-,19-,28+/m1/s1. The van der Waals surface area contributed by atoms with Crippen molar-refractivity contribution in [3.8, 4) is 0 Å². The number of amidine groups is 1. The average molecular weight is 408 g/mol. The molecule has 1 amide bonds. The minimum Gasteiger partial charge on any atom is -0.423 e. The van der Waals surface area contributed by atoms with Gasteiger partial charge in [-0.25, -0.2) is 17.8 Å². The molecule has 4 bridgehead atoms. The molecule has 28 heavy (non-hydrogen) atoms. The Kier molecular flexibility index (Phi) is 3.89. The van der Waals surface area contributed by atoms with Crippen molar-refractivity contribution in [3.63, 3.8) is 0 Å². The van der Waals surface area contributed by atoms with Crippen LogP contribution in [0.2, 0.25) is 0 Å². The number of ether oxygens (including phenoxy) is 1. The maximum Gasteiger partial charge on any atom is 0.414 e. The Hall–Kier alpha value is -2.16. The summed E-state index contributed by atoms with van der Waals surface area (Å²) in [6.45, 7) is 9.09. The second kappa shape index (κ2) is 5.68. The van der Waals surface area contributed by atoms with E-state index in [1.165, 1.54) is 6.07 Å². The molecular weight excluding hydrogens is 383 g/mol. The van der Waals surface area contributed by atoms with Gasteiger partial charge in [-0.05, 0) is 59.2 Å². The second-order valence-corrected chi connectivity index (χ2v) is 11.6. The molecule has 0 spiro atoms. The molecule has 0 aliphatic carbocycles. The van der Waals surface area contributed by atoms with Crippen LogP contribution < -0.4 is 10.6 Å². The number of fused-ring (bicyclic) bond motifs is 6. The summed E-state index contributed by atoms with van der Waals surface area (Å²) in [7, 11) is -2.83. The molecule has 0 aromatic heterocycles. The first kappa shape index (κ1) is 19.2. The first-order valence-corrected chi connectivity index (χ1v) is 10.9. The molecule has 152 valence electrons. The Morgan fingerprint density at radius 1 is 1.25 bits per heavy atom. The number of hydrogen-bond donors (Lipinski definition) is 2. The third kappa shape index (κ3) is 2.55. The van der Waals surface area contributed by atoms with Crippen LogP contribution in [-0.2, 0) is 20.0 Å². The van der Waals surface area contributed by atoms with E-state index < -0.39 is 42.9 Å². The van der Waals surface area contributed by atoms with E-state index in [0.717, 1.165) is 0 Å². The number of nitrogens with one attached hydrogen (secondary N) is 2. The number of carbonyl (C=O) groups excluding carboxylic acids is 1. The zero-order valence-electron chi connectivity index (χ0n) is 16.6. The maximum atomic E-state index is 15.0. The van der Waals surface area contributed by atoms with E-state index in [1.807, 2.05) is 0 Å². The van der Waals surface area contributed by atoms with Gasteiger partial charge in [-0.3, -0.25) is 10.3 Å². The Balaban J connectivity index is 2.04. The Labute approximate surface area is 164 Å². The van der Waals surface area contributed by atoms with Crippen molar-refractivity contribution in [2.24, 2.45) is 9.36 Å². The minimum atomic E-state index is -2.83. The molecule has 7 nitrogen and oxygen atoms in total. The van der Waals surface area contributed by atoms with Gasteiger partial charge in [0.2, 0.25) is 0 Å². The molecule has 9 heteroatoms. The van der Waals surface area contributed by atoms with E-state index in [0.29, 0.717) is 24.2 Å². The molecule has 1 aromatic carbocycles. The number of alkyl carbamates (subject to hydrolysis) is 1. The van der Waals surface area contributed by atoms with Gasteiger partial charge in [0.1, 0.15) is 21.9 Å². The fraction of sp³-hybridized carbons (Fsp3) is 0.579. The molecule has 0 fully saturated rings. The monoisotopic (exact) mass is 408 g/mol. The minimum absolute atomic E-state index is 0.203. The number of cyclic esters (lactones) is 1. The largest absolute Gasteiger partial charge is 0.423 e. The van der Waals surface area contributed by atoms with Gasteiger partial charge in [-0.2, -0.15) is 0 Å². The van der Waals surface area contributed by atoms with Gasteiger partial charge >= 0.3 is 6.09 Å². The third-order valence-corrected chi connectivity index (χ3v) is 9.55. The predicted octanol–water partition coefficient (Wildman–Crippen LogP) is 3.36. The number of rotatable bonds is 0. The zero-order chi connectivity index (χ0) is 20.5. The van der Waals surface area contributed by atoms with Crippen molar-refractivity contribution >= 4 is 27.3 Å². The quantitative estimate of drug-likeness (QED) is 0.689. The van der Waals surface area contributed by atoms with E-state index in [-0.39, 0.29) is 5.84 Å². The number of anilines is 1. The first-order valence-electron chi connectivity index (χ1n) is 9.29. The zero-order valence-corrected chi connectivity index (χ0v) is 17.4. The van der Waals surface area contributed by atoms with E-state index in [4.69, 9.17) is 9.73 Å². The lowest BCUT2D eigenvalue weighted by molar-refractivity contribution is 0.0625. The molecule has 2 N–H and O–H groups in total. The van der Waals surface area contributed by atoms with Crippen LogP contribution in [0.25, 0.3) is 0 Å². The number of hydrogen-bond acceptors (Lipinski definition) is 6. The van der Waals surface area contributed by atoms with Crippen LogP contribution in [0.4, 0.5) is 14.9 Å². The van der Waals surface area contributed by atoms with Crippen molar-refractivity contribution in [2.45, 2.75) is 62.3 Å². The van der Waals surface area contributed by atoms with E-state index in [1.54, 1.807) is 46.8 Å². The number of amides is 1. The number of benzene rings is 1. The molecular formula is C19H25FN4O3S. The number of nitrogens with zero attached hydrogens (tertiary/aromatic N) is 2. The van der Waals surface area contributed by atoms with Crippen molar-refractivity contribution in [3.05, 3.63) is 29.6 Å². The smallest absolute Gasteiger partial charge is 0.414 e. The highest BCUT2D eigenvalue weighted by molar-refractivity contribution is 7.96. The predicted molar refractivity (Wildman–Crippen MR) is 106 cm³/mol. The Morgan fingerprint density at radius 3 is 2.68 bits per heavy atom. The van der Waals surface area contributed by atoms with Crippen LogP contribution in [0, 0.1) is 5.82 Å². The summed E-state index contributed by atoms with van der Waals surface area (Å²) in [6, 6.07) is 4.60. The molecule has 3 aliphatic heterocycles. The Morgan fingerprint density at radius 2 is 1.96 bits per heavy atom. The highest BCUT2D eigenvalue weighted by atomic mass is 32.2. The van der Waals surface area contributed by atoms with E-state index in [9.17, 15) is 13.4 Å². The summed E-state index contributed by atoms with van der Waals surface area (Å²) in [4.78, 5) is 17.4. The molecule has 4 rings (SSSR count). The van der Waals surface area contributed by atoms with Crippen LogP contribution >= 0.6 is 0 Å². The summed E-state index contributed by atoms with van der Waals surface area (Å²) in [5.41, 5.74) is -1.27. The maximum absolute atomic E-state index is 15.0. The average Bonchev–Trinajstić information content (AvgIpc) is 2.98. The van der Waals surface area contributed by atoms with Crippen LogP contribution in [-0.4, -0.2) is 38.4 Å². The van der Waals surface area contributed by atoms with Crippen LogP contribution in [0.5, 0.6) is 0 Å². The number of halogens is 1. The van der Waals surface area contributed by atoms with Crippen molar-refractivity contribution < 1.29 is 18.1 Å². The van der Waals surface area contributed by atoms with Crippen molar-refractivity contribution in [1.82, 2.24) is 5.32 Å². The second-order valence-electron chi connectivity index (χ2n) is 8.66.